The van der Waals surface area contributed by atoms with Gasteiger partial charge in [0.05, 0.1) is 5.56 Å². The van der Waals surface area contributed by atoms with Gasteiger partial charge in [-0.25, -0.2) is 0 Å². The first kappa shape index (κ1) is 16.0. The third kappa shape index (κ3) is 2.85. The fourth-order valence-corrected chi connectivity index (χ4v) is 3.93. The van der Waals surface area contributed by atoms with Crippen LogP contribution >= 0.6 is 0 Å². The molecule has 130 valence electrons. The van der Waals surface area contributed by atoms with Crippen LogP contribution in [0.5, 0.6) is 11.5 Å². The molecule has 0 saturated carbocycles. The van der Waals surface area contributed by atoms with Crippen LogP contribution in [0.25, 0.3) is 11.1 Å². The summed E-state index contributed by atoms with van der Waals surface area (Å²) < 4.78 is 0. The van der Waals surface area contributed by atoms with Gasteiger partial charge in [-0.05, 0) is 80.0 Å². The summed E-state index contributed by atoms with van der Waals surface area (Å²) >= 11 is 0. The van der Waals surface area contributed by atoms with Crippen LogP contribution in [0.1, 0.15) is 28.8 Å². The van der Waals surface area contributed by atoms with Crippen LogP contribution < -0.4 is 0 Å². The van der Waals surface area contributed by atoms with Crippen LogP contribution in [-0.2, 0) is 6.54 Å². The van der Waals surface area contributed by atoms with Gasteiger partial charge in [0, 0.05) is 12.6 Å². The van der Waals surface area contributed by atoms with Crippen LogP contribution in [0.4, 0.5) is 0 Å². The third-order valence-corrected chi connectivity index (χ3v) is 5.34. The highest BCUT2D eigenvalue weighted by molar-refractivity contribution is 6.03. The number of hydrogen-bond donors (Lipinski definition) is 2. The Balaban J connectivity index is 1.82. The molecule has 2 N–H and O–H groups in total. The molecule has 2 heterocycles. The van der Waals surface area contributed by atoms with Crippen molar-refractivity contribution in [2.24, 2.45) is 0 Å². The van der Waals surface area contributed by atoms with E-state index < -0.39 is 0 Å². The molecule has 2 aliphatic heterocycles. The van der Waals surface area contributed by atoms with Crippen molar-refractivity contribution in [2.45, 2.75) is 25.4 Å². The van der Waals surface area contributed by atoms with Crippen molar-refractivity contribution in [1.82, 2.24) is 9.80 Å². The van der Waals surface area contributed by atoms with Crippen molar-refractivity contribution < 1.29 is 15.0 Å². The zero-order valence-electron chi connectivity index (χ0n) is 14.3. The summed E-state index contributed by atoms with van der Waals surface area (Å²) in [6.07, 6.45) is 1.87. The second-order valence-corrected chi connectivity index (χ2v) is 7.04. The molecule has 0 radical (unpaired) electrons. The van der Waals surface area contributed by atoms with E-state index in [1.165, 1.54) is 0 Å². The van der Waals surface area contributed by atoms with E-state index in [0.29, 0.717) is 12.1 Å². The van der Waals surface area contributed by atoms with Crippen molar-refractivity contribution in [3.8, 4) is 22.6 Å². The van der Waals surface area contributed by atoms with E-state index >= 15 is 0 Å². The summed E-state index contributed by atoms with van der Waals surface area (Å²) in [6, 6.07) is 10.4. The van der Waals surface area contributed by atoms with Gasteiger partial charge in [-0.1, -0.05) is 6.07 Å². The molecule has 2 aromatic rings. The molecular weight excluding hydrogens is 316 g/mol. The number of hydrogen-bond acceptors (Lipinski definition) is 4. The van der Waals surface area contributed by atoms with Gasteiger partial charge in [0.25, 0.3) is 5.91 Å². The van der Waals surface area contributed by atoms with E-state index in [-0.39, 0.29) is 23.4 Å². The SMILES string of the molecule is CN1CCC(N2Cc3cc(O)ccc3-c3ccc(O)cc3C2=O)CC1. The predicted molar refractivity (Wildman–Crippen MR) is 95.6 cm³/mol. The van der Waals surface area contributed by atoms with Crippen LogP contribution in [0.15, 0.2) is 36.4 Å². The Bertz CT molecular complexity index is 826. The molecule has 25 heavy (non-hydrogen) atoms. The summed E-state index contributed by atoms with van der Waals surface area (Å²) in [5.74, 6) is 0.255. The summed E-state index contributed by atoms with van der Waals surface area (Å²) in [7, 11) is 2.10. The van der Waals surface area contributed by atoms with Crippen LogP contribution in [-0.4, -0.2) is 52.1 Å². The normalized spacial score (nSPS) is 18.6. The lowest BCUT2D eigenvalue weighted by molar-refractivity contribution is 0.0573. The number of nitrogens with zero attached hydrogens (tertiary/aromatic N) is 2. The molecule has 5 heteroatoms. The van der Waals surface area contributed by atoms with Crippen molar-refractivity contribution in [2.75, 3.05) is 20.1 Å². The maximum Gasteiger partial charge on any atom is 0.255 e. The van der Waals surface area contributed by atoms with E-state index in [4.69, 9.17) is 0 Å². The van der Waals surface area contributed by atoms with Crippen molar-refractivity contribution in [3.63, 3.8) is 0 Å². The van der Waals surface area contributed by atoms with E-state index in [2.05, 4.69) is 11.9 Å². The van der Waals surface area contributed by atoms with Crippen molar-refractivity contribution >= 4 is 5.91 Å². The minimum atomic E-state index is -0.0452. The molecule has 0 atom stereocenters. The number of carbonyl (C=O) groups is 1. The number of carbonyl (C=O) groups excluding carboxylic acids is 1. The van der Waals surface area contributed by atoms with Gasteiger partial charge in [-0.2, -0.15) is 0 Å². The van der Waals surface area contributed by atoms with Gasteiger partial charge in [0.15, 0.2) is 0 Å². The zero-order chi connectivity index (χ0) is 17.6. The van der Waals surface area contributed by atoms with Crippen LogP contribution in [0, 0.1) is 0 Å². The number of fused-ring (bicyclic) bond motifs is 3. The lowest BCUT2D eigenvalue weighted by Gasteiger charge is -2.37. The maximum atomic E-state index is 13.3. The number of benzene rings is 2. The molecule has 1 amide bonds. The molecule has 0 aromatic heterocycles. The first-order chi connectivity index (χ1) is 12.0. The highest BCUT2D eigenvalue weighted by atomic mass is 16.3. The van der Waals surface area contributed by atoms with Crippen molar-refractivity contribution in [3.05, 3.63) is 47.5 Å². The average Bonchev–Trinajstić information content (AvgIpc) is 2.71. The number of aromatic hydroxyl groups is 2. The Hall–Kier alpha value is -2.53. The Kier molecular flexibility index (Phi) is 3.88. The Morgan fingerprint density at radius 2 is 1.56 bits per heavy atom. The number of phenols is 2. The number of piperidine rings is 1. The first-order valence-electron chi connectivity index (χ1n) is 8.68. The van der Waals surface area contributed by atoms with E-state index in [0.717, 1.165) is 42.6 Å². The zero-order valence-corrected chi connectivity index (χ0v) is 14.3. The van der Waals surface area contributed by atoms with Crippen LogP contribution in [0.2, 0.25) is 0 Å². The molecule has 1 saturated heterocycles. The van der Waals surface area contributed by atoms with Gasteiger partial charge in [-0.15, -0.1) is 0 Å². The van der Waals surface area contributed by atoms with Gasteiger partial charge >= 0.3 is 0 Å². The van der Waals surface area contributed by atoms with Crippen LogP contribution in [0.3, 0.4) is 0 Å². The summed E-state index contributed by atoms with van der Waals surface area (Å²) in [6.45, 7) is 2.41. The summed E-state index contributed by atoms with van der Waals surface area (Å²) in [5.41, 5.74) is 3.23. The highest BCUT2D eigenvalue weighted by Crippen LogP contribution is 2.37. The lowest BCUT2D eigenvalue weighted by atomic mass is 9.96. The highest BCUT2D eigenvalue weighted by Gasteiger charge is 2.32. The van der Waals surface area contributed by atoms with Crippen molar-refractivity contribution in [1.29, 1.82) is 0 Å². The van der Waals surface area contributed by atoms with E-state index in [1.54, 1.807) is 30.3 Å². The predicted octanol–water partition coefficient (Wildman–Crippen LogP) is 2.81. The Morgan fingerprint density at radius 3 is 2.28 bits per heavy atom. The third-order valence-electron chi connectivity index (χ3n) is 5.34. The second-order valence-electron chi connectivity index (χ2n) is 7.04. The number of phenolic OH excluding ortho intramolecular Hbond substituents is 2. The molecule has 0 unspecified atom stereocenters. The maximum absolute atomic E-state index is 13.3. The molecule has 2 aliphatic rings. The molecule has 2 aromatic carbocycles. The number of likely N-dealkylation sites (tertiary alicyclic amines) is 1. The number of rotatable bonds is 1. The summed E-state index contributed by atoms with van der Waals surface area (Å²) in [5, 5.41) is 19.8. The largest absolute Gasteiger partial charge is 0.508 e. The van der Waals surface area contributed by atoms with Gasteiger partial charge in [-0.3, -0.25) is 4.79 Å². The molecule has 1 fully saturated rings. The second kappa shape index (κ2) is 6.08. The minimum Gasteiger partial charge on any atom is -0.508 e. The fourth-order valence-electron chi connectivity index (χ4n) is 3.93. The first-order valence-corrected chi connectivity index (χ1v) is 8.68. The lowest BCUT2D eigenvalue weighted by Crippen LogP contribution is -2.45. The van der Waals surface area contributed by atoms with Gasteiger partial charge in [0.1, 0.15) is 11.5 Å². The summed E-state index contributed by atoms with van der Waals surface area (Å²) in [4.78, 5) is 17.5. The monoisotopic (exact) mass is 338 g/mol. The Labute approximate surface area is 147 Å². The molecule has 0 aliphatic carbocycles. The molecule has 0 bridgehead atoms. The molecular formula is C20H22N2O3. The smallest absolute Gasteiger partial charge is 0.255 e. The Morgan fingerprint density at radius 1 is 0.920 bits per heavy atom. The topological polar surface area (TPSA) is 64.0 Å². The van der Waals surface area contributed by atoms with Gasteiger partial charge < -0.3 is 20.0 Å². The fraction of sp³-hybridized carbons (Fsp3) is 0.350. The molecule has 5 nitrogen and oxygen atoms in total. The average molecular weight is 338 g/mol. The standard InChI is InChI=1S/C20H22N2O3/c1-21-8-6-14(7-9-21)22-12-13-10-15(23)2-4-17(13)18-5-3-16(24)11-19(18)20(22)25/h2-5,10-11,14,23-24H,6-9,12H2,1H3. The molecule has 0 spiro atoms. The quantitative estimate of drug-likeness (QED) is 0.839. The van der Waals surface area contributed by atoms with E-state index in [9.17, 15) is 15.0 Å². The molecule has 4 rings (SSSR count). The minimum absolute atomic E-state index is 0.0452. The van der Waals surface area contributed by atoms with E-state index in [1.807, 2.05) is 11.0 Å². The number of amides is 1. The van der Waals surface area contributed by atoms with Gasteiger partial charge in [0.2, 0.25) is 0 Å².